The molecule has 8 heteroatoms. The van der Waals surface area contributed by atoms with Crippen molar-refractivity contribution in [3.05, 3.63) is 29.8 Å². The van der Waals surface area contributed by atoms with Crippen LogP contribution < -0.4 is 16.2 Å². The number of nitrogen functional groups attached to an aromatic ring is 2. The molecule has 6 nitrogen and oxygen atoms in total. The second kappa shape index (κ2) is 5.36. The van der Waals surface area contributed by atoms with Gasteiger partial charge in [0.15, 0.2) is 0 Å². The lowest BCUT2D eigenvalue weighted by atomic mass is 10.1. The number of aromatic nitrogens is 2. The number of nitrogens with two attached hydrogens (primary N) is 2. The molecule has 0 aliphatic carbocycles. The molecule has 0 saturated carbocycles. The molecule has 4 N–H and O–H groups in total. The SMILES string of the molecule is N#Cc1c(N)nc(N)nc1-c1cccc(OC(F)F)c1. The maximum Gasteiger partial charge on any atom is 0.387 e. The van der Waals surface area contributed by atoms with Crippen LogP contribution in [0.4, 0.5) is 20.5 Å². The summed E-state index contributed by atoms with van der Waals surface area (Å²) >= 11 is 0. The summed E-state index contributed by atoms with van der Waals surface area (Å²) < 4.78 is 28.7. The zero-order valence-electron chi connectivity index (χ0n) is 10.0. The summed E-state index contributed by atoms with van der Waals surface area (Å²) in [5.74, 6) is -0.246. The molecule has 2 aromatic rings. The van der Waals surface area contributed by atoms with Crippen molar-refractivity contribution in [2.45, 2.75) is 6.61 Å². The van der Waals surface area contributed by atoms with Crippen LogP contribution in [0.1, 0.15) is 5.56 Å². The van der Waals surface area contributed by atoms with Crippen LogP contribution in [0.5, 0.6) is 5.75 Å². The van der Waals surface area contributed by atoms with Crippen LogP contribution in [-0.2, 0) is 0 Å². The molecule has 0 aliphatic rings. The Labute approximate surface area is 112 Å². The van der Waals surface area contributed by atoms with Crippen LogP contribution in [0.15, 0.2) is 24.3 Å². The van der Waals surface area contributed by atoms with Crippen molar-refractivity contribution in [2.75, 3.05) is 11.5 Å². The van der Waals surface area contributed by atoms with Gasteiger partial charge in [-0.25, -0.2) is 4.98 Å². The second-order valence-electron chi connectivity index (χ2n) is 3.71. The molecule has 20 heavy (non-hydrogen) atoms. The average molecular weight is 277 g/mol. The van der Waals surface area contributed by atoms with Gasteiger partial charge in [-0.05, 0) is 12.1 Å². The van der Waals surface area contributed by atoms with Gasteiger partial charge in [-0.2, -0.15) is 19.0 Å². The summed E-state index contributed by atoms with van der Waals surface area (Å²) in [5, 5.41) is 9.06. The van der Waals surface area contributed by atoms with E-state index in [9.17, 15) is 8.78 Å². The first-order valence-corrected chi connectivity index (χ1v) is 5.39. The van der Waals surface area contributed by atoms with Gasteiger partial charge in [0.1, 0.15) is 23.2 Å². The summed E-state index contributed by atoms with van der Waals surface area (Å²) in [6.07, 6.45) is 0. The fraction of sp³-hybridized carbons (Fsp3) is 0.0833. The molecule has 1 aromatic carbocycles. The Bertz CT molecular complexity index is 684. The summed E-state index contributed by atoms with van der Waals surface area (Å²) in [5.41, 5.74) is 11.6. The number of anilines is 2. The highest BCUT2D eigenvalue weighted by Gasteiger charge is 2.14. The molecule has 0 saturated heterocycles. The van der Waals surface area contributed by atoms with E-state index in [4.69, 9.17) is 16.7 Å². The van der Waals surface area contributed by atoms with Gasteiger partial charge < -0.3 is 16.2 Å². The first kappa shape index (κ1) is 13.5. The first-order valence-electron chi connectivity index (χ1n) is 5.39. The summed E-state index contributed by atoms with van der Waals surface area (Å²) in [7, 11) is 0. The smallest absolute Gasteiger partial charge is 0.387 e. The van der Waals surface area contributed by atoms with Crippen LogP contribution in [0.25, 0.3) is 11.3 Å². The van der Waals surface area contributed by atoms with Gasteiger partial charge in [-0.15, -0.1) is 0 Å². The van der Waals surface area contributed by atoms with Crippen molar-refractivity contribution in [3.8, 4) is 23.1 Å². The Morgan fingerprint density at radius 1 is 1.25 bits per heavy atom. The van der Waals surface area contributed by atoms with Gasteiger partial charge in [0.25, 0.3) is 0 Å². The van der Waals surface area contributed by atoms with Crippen LogP contribution >= 0.6 is 0 Å². The number of nitrogens with zero attached hydrogens (tertiary/aromatic N) is 3. The summed E-state index contributed by atoms with van der Waals surface area (Å²) in [6.45, 7) is -2.94. The fourth-order valence-corrected chi connectivity index (χ4v) is 1.63. The van der Waals surface area contributed by atoms with E-state index in [2.05, 4.69) is 14.7 Å². The lowest BCUT2D eigenvalue weighted by Crippen LogP contribution is -2.05. The molecular weight excluding hydrogens is 268 g/mol. The van der Waals surface area contributed by atoms with E-state index >= 15 is 0 Å². The number of halogens is 2. The molecule has 0 bridgehead atoms. The third kappa shape index (κ3) is 2.72. The Balaban J connectivity index is 2.54. The number of rotatable bonds is 3. The number of hydrogen-bond acceptors (Lipinski definition) is 6. The van der Waals surface area contributed by atoms with Crippen LogP contribution in [0.3, 0.4) is 0 Å². The molecule has 0 radical (unpaired) electrons. The minimum absolute atomic E-state index is 0.0217. The summed E-state index contributed by atoms with van der Waals surface area (Å²) in [6, 6.07) is 7.58. The van der Waals surface area contributed by atoms with Crippen molar-refractivity contribution >= 4 is 11.8 Å². The number of hydrogen-bond donors (Lipinski definition) is 2. The predicted octanol–water partition coefficient (Wildman–Crippen LogP) is 1.78. The van der Waals surface area contributed by atoms with Crippen LogP contribution in [0, 0.1) is 11.3 Å². The van der Waals surface area contributed by atoms with Crippen LogP contribution in [-0.4, -0.2) is 16.6 Å². The monoisotopic (exact) mass is 277 g/mol. The third-order valence-corrected chi connectivity index (χ3v) is 2.40. The molecule has 0 amide bonds. The standard InChI is InChI=1S/C12H9F2N5O/c13-11(14)20-7-3-1-2-6(4-7)9-8(5-15)10(16)19-12(17)18-9/h1-4,11H,(H4,16,17,18,19). The lowest BCUT2D eigenvalue weighted by Gasteiger charge is -2.09. The van der Waals surface area contributed by atoms with E-state index < -0.39 is 6.61 Å². The third-order valence-electron chi connectivity index (χ3n) is 2.40. The van der Waals surface area contributed by atoms with Crippen LogP contribution in [0.2, 0.25) is 0 Å². The van der Waals surface area contributed by atoms with E-state index in [0.717, 1.165) is 0 Å². The molecule has 0 unspecified atom stereocenters. The number of alkyl halides is 2. The molecule has 0 spiro atoms. The normalized spacial score (nSPS) is 10.3. The Hall–Kier alpha value is -2.95. The Morgan fingerprint density at radius 2 is 2.00 bits per heavy atom. The van der Waals surface area contributed by atoms with Gasteiger partial charge in [-0.1, -0.05) is 12.1 Å². The van der Waals surface area contributed by atoms with Gasteiger partial charge in [-0.3, -0.25) is 0 Å². The number of ether oxygens (including phenoxy) is 1. The van der Waals surface area contributed by atoms with Gasteiger partial charge in [0.2, 0.25) is 5.95 Å². The second-order valence-corrected chi connectivity index (χ2v) is 3.71. The maximum atomic E-state index is 12.2. The topological polar surface area (TPSA) is 111 Å². The first-order chi connectivity index (χ1) is 9.51. The van der Waals surface area contributed by atoms with Gasteiger partial charge >= 0.3 is 6.61 Å². The largest absolute Gasteiger partial charge is 0.435 e. The van der Waals surface area contributed by atoms with Gasteiger partial charge in [0.05, 0.1) is 5.69 Å². The van der Waals surface area contributed by atoms with E-state index in [1.54, 1.807) is 6.07 Å². The minimum Gasteiger partial charge on any atom is -0.435 e. The minimum atomic E-state index is -2.94. The lowest BCUT2D eigenvalue weighted by molar-refractivity contribution is -0.0498. The molecule has 0 fully saturated rings. The van der Waals surface area contributed by atoms with Crippen molar-refractivity contribution in [1.82, 2.24) is 9.97 Å². The van der Waals surface area contributed by atoms with Gasteiger partial charge in [0, 0.05) is 5.56 Å². The van der Waals surface area contributed by atoms with Crippen molar-refractivity contribution < 1.29 is 13.5 Å². The molecule has 2 rings (SSSR count). The maximum absolute atomic E-state index is 12.2. The van der Waals surface area contributed by atoms with Crippen molar-refractivity contribution in [2.24, 2.45) is 0 Å². The Kier molecular flexibility index (Phi) is 3.61. The number of nitriles is 1. The zero-order chi connectivity index (χ0) is 14.7. The molecule has 102 valence electrons. The molecule has 0 aliphatic heterocycles. The quantitative estimate of drug-likeness (QED) is 0.884. The molecule has 1 aromatic heterocycles. The van der Waals surface area contributed by atoms with Crippen molar-refractivity contribution in [3.63, 3.8) is 0 Å². The highest BCUT2D eigenvalue weighted by atomic mass is 19.3. The van der Waals surface area contributed by atoms with E-state index in [1.165, 1.54) is 18.2 Å². The summed E-state index contributed by atoms with van der Waals surface area (Å²) in [4.78, 5) is 7.59. The predicted molar refractivity (Wildman–Crippen MR) is 67.6 cm³/mol. The highest BCUT2D eigenvalue weighted by molar-refractivity contribution is 5.73. The fourth-order valence-electron chi connectivity index (χ4n) is 1.63. The highest BCUT2D eigenvalue weighted by Crippen LogP contribution is 2.28. The van der Waals surface area contributed by atoms with E-state index in [1.807, 2.05) is 6.07 Å². The molecular formula is C12H9F2N5O. The van der Waals surface area contributed by atoms with E-state index in [0.29, 0.717) is 5.56 Å². The molecule has 1 heterocycles. The average Bonchev–Trinajstić information content (AvgIpc) is 2.37. The number of benzene rings is 1. The Morgan fingerprint density at radius 3 is 2.65 bits per heavy atom. The van der Waals surface area contributed by atoms with E-state index in [-0.39, 0.29) is 28.8 Å². The zero-order valence-corrected chi connectivity index (χ0v) is 10.0. The van der Waals surface area contributed by atoms with Crippen molar-refractivity contribution in [1.29, 1.82) is 5.26 Å². The molecule has 0 atom stereocenters.